The van der Waals surface area contributed by atoms with Crippen LogP contribution in [0.5, 0.6) is 5.75 Å². The average molecular weight is 505 g/mol. The molecule has 1 aromatic heterocycles. The lowest BCUT2D eigenvalue weighted by Gasteiger charge is -2.21. The fourth-order valence-electron chi connectivity index (χ4n) is 2.80. The van der Waals surface area contributed by atoms with Gasteiger partial charge in [-0.15, -0.1) is 0 Å². The maximum absolute atomic E-state index is 12.5. The smallest absolute Gasteiger partial charge is 0.407 e. The molecule has 0 aliphatic rings. The van der Waals surface area contributed by atoms with Crippen molar-refractivity contribution in [3.8, 4) is 5.75 Å². The minimum absolute atomic E-state index is 0.257. The lowest BCUT2D eigenvalue weighted by Crippen LogP contribution is -2.35. The van der Waals surface area contributed by atoms with Crippen LogP contribution in [0.2, 0.25) is 0 Å². The van der Waals surface area contributed by atoms with Crippen LogP contribution >= 0.6 is 0 Å². The molecule has 3 N–H and O–H groups in total. The summed E-state index contributed by atoms with van der Waals surface area (Å²) in [6, 6.07) is 6.50. The third-order valence-electron chi connectivity index (χ3n) is 4.33. The summed E-state index contributed by atoms with van der Waals surface area (Å²) in [4.78, 5) is 36.0. The first-order chi connectivity index (χ1) is 16.7. The summed E-state index contributed by atoms with van der Waals surface area (Å²) in [7, 11) is 0. The SMILES string of the molecule is CC(C)(C)OC(=O)NCCCn1cc(C(=O)Nc2ccc(OC[C@@H](O)C(=O)OC(C)(C)C)cc2)cn1. The minimum Gasteiger partial charge on any atom is -0.490 e. The molecule has 0 saturated carbocycles. The second kappa shape index (κ2) is 12.4. The Labute approximate surface area is 211 Å². The van der Waals surface area contributed by atoms with Gasteiger partial charge in [-0.25, -0.2) is 9.59 Å². The molecule has 0 saturated heterocycles. The van der Waals surface area contributed by atoms with Crippen LogP contribution in [-0.4, -0.2) is 63.3 Å². The van der Waals surface area contributed by atoms with E-state index < -0.39 is 29.4 Å². The highest BCUT2D eigenvalue weighted by atomic mass is 16.6. The number of aliphatic hydroxyl groups is 1. The zero-order chi connectivity index (χ0) is 26.9. The van der Waals surface area contributed by atoms with Gasteiger partial charge < -0.3 is 30.0 Å². The van der Waals surface area contributed by atoms with E-state index in [0.717, 1.165) is 0 Å². The largest absolute Gasteiger partial charge is 0.490 e. The number of anilines is 1. The van der Waals surface area contributed by atoms with Gasteiger partial charge in [-0.05, 0) is 72.2 Å². The summed E-state index contributed by atoms with van der Waals surface area (Å²) < 4.78 is 17.3. The Balaban J connectivity index is 1.76. The third-order valence-corrected chi connectivity index (χ3v) is 4.33. The zero-order valence-electron chi connectivity index (χ0n) is 21.7. The van der Waals surface area contributed by atoms with E-state index in [4.69, 9.17) is 14.2 Å². The molecule has 1 aromatic carbocycles. The number of alkyl carbamates (subject to hydrolysis) is 1. The summed E-state index contributed by atoms with van der Waals surface area (Å²) in [5.74, 6) is -0.670. The molecule has 11 heteroatoms. The van der Waals surface area contributed by atoms with Gasteiger partial charge in [-0.2, -0.15) is 5.10 Å². The van der Waals surface area contributed by atoms with Crippen LogP contribution in [0.15, 0.2) is 36.7 Å². The van der Waals surface area contributed by atoms with E-state index in [1.807, 2.05) is 0 Å². The van der Waals surface area contributed by atoms with Crippen LogP contribution in [0.25, 0.3) is 0 Å². The van der Waals surface area contributed by atoms with Crippen molar-refractivity contribution in [1.82, 2.24) is 15.1 Å². The number of aliphatic hydroxyl groups excluding tert-OH is 1. The van der Waals surface area contributed by atoms with E-state index in [-0.39, 0.29) is 12.5 Å². The molecule has 11 nitrogen and oxygen atoms in total. The number of carbonyl (C=O) groups excluding carboxylic acids is 3. The van der Waals surface area contributed by atoms with Gasteiger partial charge in [0.2, 0.25) is 0 Å². The van der Waals surface area contributed by atoms with Crippen molar-refractivity contribution >= 4 is 23.7 Å². The van der Waals surface area contributed by atoms with E-state index in [1.165, 1.54) is 6.20 Å². The Morgan fingerprint density at radius 2 is 1.67 bits per heavy atom. The molecular weight excluding hydrogens is 468 g/mol. The highest BCUT2D eigenvalue weighted by Gasteiger charge is 2.23. The summed E-state index contributed by atoms with van der Waals surface area (Å²) in [6.45, 7) is 11.2. The van der Waals surface area contributed by atoms with Gasteiger partial charge in [-0.3, -0.25) is 9.48 Å². The van der Waals surface area contributed by atoms with Crippen LogP contribution in [0.1, 0.15) is 58.3 Å². The van der Waals surface area contributed by atoms with Crippen molar-refractivity contribution in [1.29, 1.82) is 0 Å². The zero-order valence-corrected chi connectivity index (χ0v) is 21.7. The second-order valence-electron chi connectivity index (χ2n) is 10.1. The normalized spacial score (nSPS) is 12.4. The van der Waals surface area contributed by atoms with Gasteiger partial charge in [0.1, 0.15) is 23.6 Å². The molecule has 36 heavy (non-hydrogen) atoms. The standard InChI is InChI=1S/C25H36N4O7/c1-24(2,3)35-22(32)20(30)16-34-19-10-8-18(9-11-19)28-21(31)17-14-27-29(15-17)13-7-12-26-23(33)36-25(4,5)6/h8-11,14-15,20,30H,7,12-13,16H2,1-6H3,(H,26,33)(H,28,31)/t20-/m1/s1. The summed E-state index contributed by atoms with van der Waals surface area (Å²) in [6.07, 6.45) is 1.82. The van der Waals surface area contributed by atoms with Gasteiger partial charge in [0.25, 0.3) is 5.91 Å². The molecule has 198 valence electrons. The molecule has 0 radical (unpaired) electrons. The molecule has 2 rings (SSSR count). The fourth-order valence-corrected chi connectivity index (χ4v) is 2.80. The number of benzene rings is 1. The average Bonchev–Trinajstić information content (AvgIpc) is 3.23. The molecule has 0 fully saturated rings. The predicted molar refractivity (Wildman–Crippen MR) is 133 cm³/mol. The van der Waals surface area contributed by atoms with Gasteiger partial charge in [0.15, 0.2) is 6.10 Å². The predicted octanol–water partition coefficient (Wildman–Crippen LogP) is 3.13. The molecule has 2 aromatic rings. The summed E-state index contributed by atoms with van der Waals surface area (Å²) in [5, 5.41) is 19.5. The minimum atomic E-state index is -1.41. The number of nitrogens with zero attached hydrogens (tertiary/aromatic N) is 2. The van der Waals surface area contributed by atoms with Crippen LogP contribution in [-0.2, 0) is 20.8 Å². The van der Waals surface area contributed by atoms with Gasteiger partial charge in [0, 0.05) is 25.0 Å². The van der Waals surface area contributed by atoms with E-state index in [1.54, 1.807) is 76.7 Å². The van der Waals surface area contributed by atoms with Crippen molar-refractivity contribution in [2.45, 2.75) is 71.8 Å². The Kier molecular flexibility index (Phi) is 9.85. The van der Waals surface area contributed by atoms with Crippen molar-refractivity contribution in [3.63, 3.8) is 0 Å². The third kappa shape index (κ3) is 10.8. The number of esters is 1. The summed E-state index contributed by atoms with van der Waals surface area (Å²) >= 11 is 0. The summed E-state index contributed by atoms with van der Waals surface area (Å²) in [5.41, 5.74) is -0.329. The second-order valence-corrected chi connectivity index (χ2v) is 10.1. The monoisotopic (exact) mass is 504 g/mol. The molecule has 1 atom stereocenters. The number of hydrogen-bond acceptors (Lipinski definition) is 8. The first kappa shape index (κ1) is 28.6. The number of aromatic nitrogens is 2. The lowest BCUT2D eigenvalue weighted by molar-refractivity contribution is -0.166. The van der Waals surface area contributed by atoms with Crippen LogP contribution in [0.3, 0.4) is 0 Å². The maximum Gasteiger partial charge on any atom is 0.407 e. The molecule has 0 aliphatic heterocycles. The Morgan fingerprint density at radius 1 is 1.03 bits per heavy atom. The molecule has 0 aliphatic carbocycles. The molecule has 0 bridgehead atoms. The quantitative estimate of drug-likeness (QED) is 0.331. The van der Waals surface area contributed by atoms with Crippen molar-refractivity contribution in [3.05, 3.63) is 42.2 Å². The topological polar surface area (TPSA) is 141 Å². The van der Waals surface area contributed by atoms with Gasteiger partial charge in [0.05, 0.1) is 11.8 Å². The van der Waals surface area contributed by atoms with E-state index >= 15 is 0 Å². The van der Waals surface area contributed by atoms with E-state index in [9.17, 15) is 19.5 Å². The first-order valence-corrected chi connectivity index (χ1v) is 11.7. The molecule has 0 unspecified atom stereocenters. The number of ether oxygens (including phenoxy) is 3. The number of nitrogens with one attached hydrogen (secondary N) is 2. The lowest BCUT2D eigenvalue weighted by atomic mass is 10.2. The van der Waals surface area contributed by atoms with E-state index in [2.05, 4.69) is 15.7 Å². The molecular formula is C25H36N4O7. The highest BCUT2D eigenvalue weighted by Crippen LogP contribution is 2.17. The van der Waals surface area contributed by atoms with Crippen LogP contribution in [0.4, 0.5) is 10.5 Å². The van der Waals surface area contributed by atoms with Crippen LogP contribution < -0.4 is 15.4 Å². The highest BCUT2D eigenvalue weighted by molar-refractivity contribution is 6.03. The first-order valence-electron chi connectivity index (χ1n) is 11.7. The van der Waals surface area contributed by atoms with Crippen molar-refractivity contribution in [2.24, 2.45) is 0 Å². The molecule has 2 amide bonds. The van der Waals surface area contributed by atoms with Gasteiger partial charge >= 0.3 is 12.1 Å². The number of carbonyl (C=O) groups is 3. The molecule has 1 heterocycles. The fraction of sp³-hybridized carbons (Fsp3) is 0.520. The Hall–Kier alpha value is -3.60. The molecule has 0 spiro atoms. The van der Waals surface area contributed by atoms with Crippen LogP contribution in [0, 0.1) is 0 Å². The number of hydrogen-bond donors (Lipinski definition) is 3. The van der Waals surface area contributed by atoms with E-state index in [0.29, 0.717) is 36.5 Å². The number of aryl methyl sites for hydroxylation is 1. The number of rotatable bonds is 10. The Bertz CT molecular complexity index is 1020. The Morgan fingerprint density at radius 3 is 2.28 bits per heavy atom. The number of amides is 2. The van der Waals surface area contributed by atoms with Crippen molar-refractivity contribution in [2.75, 3.05) is 18.5 Å². The van der Waals surface area contributed by atoms with Crippen molar-refractivity contribution < 1.29 is 33.7 Å². The van der Waals surface area contributed by atoms with Gasteiger partial charge in [-0.1, -0.05) is 0 Å². The maximum atomic E-state index is 12.5.